The molecule has 0 saturated carbocycles. The van der Waals surface area contributed by atoms with Crippen LogP contribution in [0.5, 0.6) is 0 Å². The normalized spacial score (nSPS) is 10.8. The van der Waals surface area contributed by atoms with Gasteiger partial charge in [0.15, 0.2) is 0 Å². The zero-order valence-electron chi connectivity index (χ0n) is 10.6. The molecule has 0 bridgehead atoms. The number of amides is 1. The van der Waals surface area contributed by atoms with Crippen LogP contribution in [-0.4, -0.2) is 22.4 Å². The van der Waals surface area contributed by atoms with Gasteiger partial charge in [-0.1, -0.05) is 13.8 Å². The number of H-pyrrole nitrogens is 1. The van der Waals surface area contributed by atoms with Crippen LogP contribution in [0.4, 0.5) is 0 Å². The van der Waals surface area contributed by atoms with Gasteiger partial charge in [-0.2, -0.15) is 0 Å². The average Bonchev–Trinajstić information content (AvgIpc) is 3.00. The first-order chi connectivity index (χ1) is 8.66. The summed E-state index contributed by atoms with van der Waals surface area (Å²) in [5.41, 5.74) is 1.72. The molecule has 0 aromatic carbocycles. The number of nitrogens with one attached hydrogen (secondary N) is 2. The number of aromatic nitrogens is 2. The summed E-state index contributed by atoms with van der Waals surface area (Å²) in [5, 5.41) is 6.03. The number of nitrogens with zero attached hydrogens (tertiary/aromatic N) is 1. The Morgan fingerprint density at radius 1 is 1.56 bits per heavy atom. The Morgan fingerprint density at radius 3 is 3.00 bits per heavy atom. The molecule has 96 valence electrons. The molecule has 0 unspecified atom stereocenters. The first kappa shape index (κ1) is 12.8. The van der Waals surface area contributed by atoms with Crippen molar-refractivity contribution in [2.24, 2.45) is 0 Å². The molecule has 0 saturated heterocycles. The van der Waals surface area contributed by atoms with Crippen molar-refractivity contribution in [2.75, 3.05) is 6.54 Å². The standard InChI is InChI=1S/C13H17N3OS/c1-9(2)11-8-18-12(16-11)5-7-15-13(17)10-4-3-6-14-10/h3-4,6,8-9,14H,5,7H2,1-2H3,(H,15,17). The summed E-state index contributed by atoms with van der Waals surface area (Å²) >= 11 is 1.66. The largest absolute Gasteiger partial charge is 0.357 e. The summed E-state index contributed by atoms with van der Waals surface area (Å²) in [6, 6.07) is 3.57. The maximum Gasteiger partial charge on any atom is 0.267 e. The molecule has 0 fully saturated rings. The van der Waals surface area contributed by atoms with Crippen LogP contribution in [0.3, 0.4) is 0 Å². The summed E-state index contributed by atoms with van der Waals surface area (Å²) in [5.74, 6) is 0.393. The molecule has 4 nitrogen and oxygen atoms in total. The molecular formula is C13H17N3OS. The second-order valence-electron chi connectivity index (χ2n) is 4.41. The lowest BCUT2D eigenvalue weighted by Gasteiger charge is -2.02. The number of thiazole rings is 1. The Bertz CT molecular complexity index is 502. The van der Waals surface area contributed by atoms with Crippen molar-refractivity contribution >= 4 is 17.2 Å². The fraction of sp³-hybridized carbons (Fsp3) is 0.385. The number of aromatic amines is 1. The highest BCUT2D eigenvalue weighted by Crippen LogP contribution is 2.17. The molecule has 2 rings (SSSR count). The van der Waals surface area contributed by atoms with Gasteiger partial charge in [-0.25, -0.2) is 4.98 Å². The van der Waals surface area contributed by atoms with Crippen molar-refractivity contribution in [1.82, 2.24) is 15.3 Å². The Morgan fingerprint density at radius 2 is 2.39 bits per heavy atom. The van der Waals surface area contributed by atoms with E-state index in [4.69, 9.17) is 0 Å². The van der Waals surface area contributed by atoms with Gasteiger partial charge >= 0.3 is 0 Å². The van der Waals surface area contributed by atoms with Crippen LogP contribution in [0.2, 0.25) is 0 Å². The fourth-order valence-corrected chi connectivity index (χ4v) is 2.51. The second kappa shape index (κ2) is 5.82. The molecule has 2 aromatic heterocycles. The monoisotopic (exact) mass is 263 g/mol. The quantitative estimate of drug-likeness (QED) is 0.871. The Balaban J connectivity index is 1.79. The van der Waals surface area contributed by atoms with Crippen LogP contribution < -0.4 is 5.32 Å². The first-order valence-corrected chi connectivity index (χ1v) is 6.90. The molecule has 18 heavy (non-hydrogen) atoms. The second-order valence-corrected chi connectivity index (χ2v) is 5.35. The van der Waals surface area contributed by atoms with E-state index in [-0.39, 0.29) is 5.91 Å². The molecular weight excluding hydrogens is 246 g/mol. The van der Waals surface area contributed by atoms with Gasteiger partial charge < -0.3 is 10.3 Å². The molecule has 2 aromatic rings. The van der Waals surface area contributed by atoms with Gasteiger partial charge in [0.1, 0.15) is 5.69 Å². The molecule has 5 heteroatoms. The first-order valence-electron chi connectivity index (χ1n) is 6.02. The molecule has 0 spiro atoms. The SMILES string of the molecule is CC(C)c1csc(CCNC(=O)c2ccc[nH]2)n1. The lowest BCUT2D eigenvalue weighted by atomic mass is 10.2. The Hall–Kier alpha value is -1.62. The predicted molar refractivity (Wildman–Crippen MR) is 73.0 cm³/mol. The summed E-state index contributed by atoms with van der Waals surface area (Å²) in [6.07, 6.45) is 2.52. The molecule has 0 aliphatic rings. The van der Waals surface area contributed by atoms with E-state index in [2.05, 4.69) is 34.5 Å². The lowest BCUT2D eigenvalue weighted by molar-refractivity contribution is 0.0950. The number of carbonyl (C=O) groups is 1. The van der Waals surface area contributed by atoms with Gasteiger partial charge in [0, 0.05) is 24.5 Å². The van der Waals surface area contributed by atoms with Crippen LogP contribution in [0.1, 0.15) is 41.0 Å². The van der Waals surface area contributed by atoms with Crippen molar-refractivity contribution < 1.29 is 4.79 Å². The fourth-order valence-electron chi connectivity index (χ4n) is 1.55. The minimum Gasteiger partial charge on any atom is -0.357 e. The highest BCUT2D eigenvalue weighted by molar-refractivity contribution is 7.09. The van der Waals surface area contributed by atoms with E-state index in [0.29, 0.717) is 18.2 Å². The van der Waals surface area contributed by atoms with Gasteiger partial charge in [-0.3, -0.25) is 4.79 Å². The third-order valence-electron chi connectivity index (χ3n) is 2.63. The summed E-state index contributed by atoms with van der Waals surface area (Å²) in [6.45, 7) is 4.88. The summed E-state index contributed by atoms with van der Waals surface area (Å²) in [7, 11) is 0. The van der Waals surface area contributed by atoms with Crippen LogP contribution in [-0.2, 0) is 6.42 Å². The van der Waals surface area contributed by atoms with Crippen molar-refractivity contribution in [1.29, 1.82) is 0 Å². The van der Waals surface area contributed by atoms with E-state index in [1.165, 1.54) is 0 Å². The van der Waals surface area contributed by atoms with Crippen LogP contribution >= 0.6 is 11.3 Å². The predicted octanol–water partition coefficient (Wildman–Crippen LogP) is 2.57. The van der Waals surface area contributed by atoms with Crippen molar-refractivity contribution in [3.05, 3.63) is 40.1 Å². The summed E-state index contributed by atoms with van der Waals surface area (Å²) in [4.78, 5) is 19.1. The van der Waals surface area contributed by atoms with Crippen molar-refractivity contribution in [2.45, 2.75) is 26.2 Å². The van der Waals surface area contributed by atoms with E-state index in [1.54, 1.807) is 23.6 Å². The minimum atomic E-state index is -0.0689. The number of carbonyl (C=O) groups excluding carboxylic acids is 1. The van der Waals surface area contributed by atoms with E-state index in [0.717, 1.165) is 17.1 Å². The number of rotatable bonds is 5. The molecule has 2 N–H and O–H groups in total. The Labute approximate surface area is 110 Å². The molecule has 0 atom stereocenters. The zero-order valence-corrected chi connectivity index (χ0v) is 11.4. The maximum atomic E-state index is 11.7. The van der Waals surface area contributed by atoms with E-state index >= 15 is 0 Å². The minimum absolute atomic E-state index is 0.0689. The summed E-state index contributed by atoms with van der Waals surface area (Å²) < 4.78 is 0. The maximum absolute atomic E-state index is 11.7. The Kier molecular flexibility index (Phi) is 4.15. The third-order valence-corrected chi connectivity index (χ3v) is 3.55. The van der Waals surface area contributed by atoms with E-state index < -0.39 is 0 Å². The smallest absolute Gasteiger partial charge is 0.267 e. The van der Waals surface area contributed by atoms with Crippen LogP contribution in [0.15, 0.2) is 23.7 Å². The van der Waals surface area contributed by atoms with E-state index in [1.807, 2.05) is 6.07 Å². The highest BCUT2D eigenvalue weighted by Gasteiger charge is 2.07. The van der Waals surface area contributed by atoms with Crippen molar-refractivity contribution in [3.8, 4) is 0 Å². The molecule has 0 aliphatic carbocycles. The van der Waals surface area contributed by atoms with Gasteiger partial charge in [0.25, 0.3) is 5.91 Å². The van der Waals surface area contributed by atoms with E-state index in [9.17, 15) is 4.79 Å². The molecule has 0 aliphatic heterocycles. The van der Waals surface area contributed by atoms with Gasteiger partial charge in [0.05, 0.1) is 10.7 Å². The number of hydrogen-bond acceptors (Lipinski definition) is 3. The zero-order chi connectivity index (χ0) is 13.0. The highest BCUT2D eigenvalue weighted by atomic mass is 32.1. The third kappa shape index (κ3) is 3.20. The van der Waals surface area contributed by atoms with Crippen LogP contribution in [0, 0.1) is 0 Å². The molecule has 2 heterocycles. The average molecular weight is 263 g/mol. The van der Waals surface area contributed by atoms with Gasteiger partial charge in [0.2, 0.25) is 0 Å². The number of hydrogen-bond donors (Lipinski definition) is 2. The lowest BCUT2D eigenvalue weighted by Crippen LogP contribution is -2.25. The van der Waals surface area contributed by atoms with Crippen LogP contribution in [0.25, 0.3) is 0 Å². The van der Waals surface area contributed by atoms with Gasteiger partial charge in [-0.15, -0.1) is 11.3 Å². The van der Waals surface area contributed by atoms with Gasteiger partial charge in [-0.05, 0) is 18.1 Å². The molecule has 0 radical (unpaired) electrons. The topological polar surface area (TPSA) is 57.8 Å². The van der Waals surface area contributed by atoms with Crippen molar-refractivity contribution in [3.63, 3.8) is 0 Å². The molecule has 1 amide bonds.